The van der Waals surface area contributed by atoms with E-state index in [9.17, 15) is 9.59 Å². The standard InChI is InChI=1S/C17H23N3O2S/c1-3-5-11-19(4-2)15(21)10-12-20-16(22)13-8-6-7-9-14(13)18-17(20)23/h6-9H,3-5,10-12H2,1-2H3,(H,18,23). The van der Waals surface area contributed by atoms with Crippen LogP contribution in [0.1, 0.15) is 33.1 Å². The van der Waals surface area contributed by atoms with Crippen molar-refractivity contribution in [3.05, 3.63) is 39.4 Å². The lowest BCUT2D eigenvalue weighted by molar-refractivity contribution is -0.131. The van der Waals surface area contributed by atoms with E-state index in [0.29, 0.717) is 23.2 Å². The molecule has 0 aliphatic rings. The minimum absolute atomic E-state index is 0.0652. The van der Waals surface area contributed by atoms with E-state index >= 15 is 0 Å². The van der Waals surface area contributed by atoms with Crippen LogP contribution in [0, 0.1) is 4.77 Å². The van der Waals surface area contributed by atoms with Crippen molar-refractivity contribution in [2.45, 2.75) is 39.7 Å². The average molecular weight is 333 g/mol. The molecular formula is C17H23N3O2S. The van der Waals surface area contributed by atoms with Gasteiger partial charge in [0.25, 0.3) is 5.56 Å². The van der Waals surface area contributed by atoms with Gasteiger partial charge >= 0.3 is 0 Å². The van der Waals surface area contributed by atoms with Crippen molar-refractivity contribution in [2.24, 2.45) is 0 Å². The normalized spacial score (nSPS) is 10.9. The number of hydrogen-bond acceptors (Lipinski definition) is 3. The van der Waals surface area contributed by atoms with Crippen molar-refractivity contribution in [3.8, 4) is 0 Å². The Kier molecular flexibility index (Phi) is 6.10. The van der Waals surface area contributed by atoms with Crippen molar-refractivity contribution in [3.63, 3.8) is 0 Å². The van der Waals surface area contributed by atoms with E-state index in [1.165, 1.54) is 4.57 Å². The summed E-state index contributed by atoms with van der Waals surface area (Å²) in [6.45, 7) is 5.85. The van der Waals surface area contributed by atoms with Gasteiger partial charge in [0.1, 0.15) is 0 Å². The van der Waals surface area contributed by atoms with Crippen molar-refractivity contribution in [1.29, 1.82) is 0 Å². The SMILES string of the molecule is CCCCN(CC)C(=O)CCn1c(=S)[nH]c2ccccc2c1=O. The van der Waals surface area contributed by atoms with E-state index in [-0.39, 0.29) is 17.9 Å². The maximum atomic E-state index is 12.5. The fraction of sp³-hybridized carbons (Fsp3) is 0.471. The Bertz CT molecular complexity index is 794. The monoisotopic (exact) mass is 333 g/mol. The lowest BCUT2D eigenvalue weighted by Crippen LogP contribution is -2.33. The third-order valence-corrected chi connectivity index (χ3v) is 4.28. The molecule has 2 aromatic rings. The molecule has 6 heteroatoms. The predicted molar refractivity (Wildman–Crippen MR) is 95.2 cm³/mol. The zero-order valence-corrected chi connectivity index (χ0v) is 14.5. The molecule has 1 N–H and O–H groups in total. The summed E-state index contributed by atoms with van der Waals surface area (Å²) in [7, 11) is 0. The Morgan fingerprint density at radius 2 is 2.04 bits per heavy atom. The fourth-order valence-electron chi connectivity index (χ4n) is 2.58. The largest absolute Gasteiger partial charge is 0.343 e. The summed E-state index contributed by atoms with van der Waals surface area (Å²) in [5, 5.41) is 0.590. The minimum Gasteiger partial charge on any atom is -0.343 e. The number of aromatic amines is 1. The van der Waals surface area contributed by atoms with Gasteiger partial charge in [0.05, 0.1) is 10.9 Å². The Morgan fingerprint density at radius 3 is 2.74 bits per heavy atom. The lowest BCUT2D eigenvalue weighted by atomic mass is 10.2. The van der Waals surface area contributed by atoms with Crippen LogP contribution in [-0.4, -0.2) is 33.4 Å². The molecule has 1 amide bonds. The van der Waals surface area contributed by atoms with E-state index in [1.54, 1.807) is 6.07 Å². The maximum absolute atomic E-state index is 12.5. The number of para-hydroxylation sites is 1. The smallest absolute Gasteiger partial charge is 0.262 e. The van der Waals surface area contributed by atoms with Crippen LogP contribution in [0.3, 0.4) is 0 Å². The van der Waals surface area contributed by atoms with Gasteiger partial charge < -0.3 is 9.88 Å². The van der Waals surface area contributed by atoms with Crippen LogP contribution in [0.25, 0.3) is 10.9 Å². The molecule has 1 aromatic heterocycles. The van der Waals surface area contributed by atoms with Gasteiger partial charge in [0.15, 0.2) is 4.77 Å². The number of hydrogen-bond donors (Lipinski definition) is 1. The molecule has 0 bridgehead atoms. The number of aromatic nitrogens is 2. The second-order valence-electron chi connectivity index (χ2n) is 5.51. The molecule has 1 aromatic carbocycles. The van der Waals surface area contributed by atoms with Crippen LogP contribution in [0.2, 0.25) is 0 Å². The first-order valence-electron chi connectivity index (χ1n) is 8.08. The molecule has 2 rings (SSSR count). The van der Waals surface area contributed by atoms with Crippen molar-refractivity contribution >= 4 is 29.0 Å². The van der Waals surface area contributed by atoms with Crippen LogP contribution in [0.4, 0.5) is 0 Å². The summed E-state index contributed by atoms with van der Waals surface area (Å²) in [6.07, 6.45) is 2.34. The quantitative estimate of drug-likeness (QED) is 0.792. The topological polar surface area (TPSA) is 58.1 Å². The highest BCUT2D eigenvalue weighted by molar-refractivity contribution is 7.71. The van der Waals surface area contributed by atoms with Crippen molar-refractivity contribution < 1.29 is 4.79 Å². The van der Waals surface area contributed by atoms with Crippen LogP contribution in [0.5, 0.6) is 0 Å². The first kappa shape index (κ1) is 17.4. The van der Waals surface area contributed by atoms with Crippen LogP contribution in [0.15, 0.2) is 29.1 Å². The number of unbranched alkanes of at least 4 members (excludes halogenated alkanes) is 1. The van der Waals surface area contributed by atoms with Crippen LogP contribution < -0.4 is 5.56 Å². The molecular weight excluding hydrogens is 310 g/mol. The highest BCUT2D eigenvalue weighted by Crippen LogP contribution is 2.07. The Morgan fingerprint density at radius 1 is 1.30 bits per heavy atom. The number of amides is 1. The molecule has 5 nitrogen and oxygen atoms in total. The summed E-state index contributed by atoms with van der Waals surface area (Å²) >= 11 is 5.27. The molecule has 23 heavy (non-hydrogen) atoms. The number of H-pyrrole nitrogens is 1. The number of carbonyl (C=O) groups is 1. The molecule has 0 fully saturated rings. The predicted octanol–water partition coefficient (Wildman–Crippen LogP) is 3.10. The van der Waals surface area contributed by atoms with Gasteiger partial charge in [-0.3, -0.25) is 14.2 Å². The van der Waals surface area contributed by atoms with Gasteiger partial charge in [-0.1, -0.05) is 25.5 Å². The van der Waals surface area contributed by atoms with Crippen molar-refractivity contribution in [1.82, 2.24) is 14.5 Å². The van der Waals surface area contributed by atoms with Gasteiger partial charge in [-0.15, -0.1) is 0 Å². The van der Waals surface area contributed by atoms with Gasteiger partial charge in [-0.2, -0.15) is 0 Å². The summed E-state index contributed by atoms with van der Waals surface area (Å²) in [6, 6.07) is 7.26. The molecule has 0 radical (unpaired) electrons. The average Bonchev–Trinajstić information content (AvgIpc) is 2.55. The van der Waals surface area contributed by atoms with Crippen molar-refractivity contribution in [2.75, 3.05) is 13.1 Å². The number of carbonyl (C=O) groups excluding carboxylic acids is 1. The number of fused-ring (bicyclic) bond motifs is 1. The highest BCUT2D eigenvalue weighted by atomic mass is 32.1. The second-order valence-corrected chi connectivity index (χ2v) is 5.90. The molecule has 0 saturated carbocycles. The molecule has 0 aliphatic carbocycles. The van der Waals surface area contributed by atoms with E-state index in [1.807, 2.05) is 30.0 Å². The third kappa shape index (κ3) is 4.07. The number of nitrogens with one attached hydrogen (secondary N) is 1. The molecule has 0 spiro atoms. The first-order valence-corrected chi connectivity index (χ1v) is 8.49. The molecule has 0 aliphatic heterocycles. The molecule has 0 atom stereocenters. The molecule has 0 saturated heterocycles. The van der Waals surface area contributed by atoms with E-state index in [4.69, 9.17) is 12.2 Å². The Hall–Kier alpha value is -1.95. The van der Waals surface area contributed by atoms with E-state index in [2.05, 4.69) is 11.9 Å². The van der Waals surface area contributed by atoms with E-state index in [0.717, 1.165) is 24.9 Å². The van der Waals surface area contributed by atoms with Gasteiger partial charge in [0, 0.05) is 26.1 Å². The number of benzene rings is 1. The highest BCUT2D eigenvalue weighted by Gasteiger charge is 2.12. The molecule has 0 unspecified atom stereocenters. The lowest BCUT2D eigenvalue weighted by Gasteiger charge is -2.20. The van der Waals surface area contributed by atoms with Gasteiger partial charge in [0.2, 0.25) is 5.91 Å². The third-order valence-electron chi connectivity index (χ3n) is 3.95. The minimum atomic E-state index is -0.145. The van der Waals surface area contributed by atoms with Crippen LogP contribution >= 0.6 is 12.2 Å². The molecule has 124 valence electrons. The van der Waals surface area contributed by atoms with E-state index < -0.39 is 0 Å². The summed E-state index contributed by atoms with van der Waals surface area (Å²) in [5.74, 6) is 0.0652. The first-order chi connectivity index (χ1) is 11.1. The number of rotatable bonds is 7. The van der Waals surface area contributed by atoms with Crippen LogP contribution in [-0.2, 0) is 11.3 Å². The second kappa shape index (κ2) is 8.06. The summed E-state index contributed by atoms with van der Waals surface area (Å²) < 4.78 is 1.83. The Balaban J connectivity index is 2.17. The summed E-state index contributed by atoms with van der Waals surface area (Å²) in [4.78, 5) is 29.7. The fourth-order valence-corrected chi connectivity index (χ4v) is 2.86. The van der Waals surface area contributed by atoms with Gasteiger partial charge in [-0.05, 0) is 37.7 Å². The zero-order valence-electron chi connectivity index (χ0n) is 13.7. The summed E-state index contributed by atoms with van der Waals surface area (Å²) in [5.41, 5.74) is 0.581. The maximum Gasteiger partial charge on any atom is 0.262 e. The zero-order chi connectivity index (χ0) is 16.8. The molecule has 1 heterocycles. The number of nitrogens with zero attached hydrogens (tertiary/aromatic N) is 2. The Labute approximate surface area is 140 Å². The van der Waals surface area contributed by atoms with Gasteiger partial charge in [-0.25, -0.2) is 0 Å².